The molecule has 0 bridgehead atoms. The van der Waals surface area contributed by atoms with Crippen molar-refractivity contribution >= 4 is 5.95 Å². The fraction of sp³-hybridized carbons (Fsp3) is 0.765. The largest absolute Gasteiger partial charge is 0.341 e. The van der Waals surface area contributed by atoms with Gasteiger partial charge in [0.2, 0.25) is 5.95 Å². The van der Waals surface area contributed by atoms with Crippen molar-refractivity contribution in [2.45, 2.75) is 66.0 Å². The second-order valence-electron chi connectivity index (χ2n) is 6.62. The molecule has 0 aromatic carbocycles. The average molecular weight is 290 g/mol. The molecule has 1 aliphatic rings. The van der Waals surface area contributed by atoms with Crippen LogP contribution in [-0.4, -0.2) is 29.1 Å². The minimum absolute atomic E-state index is 0.489. The van der Waals surface area contributed by atoms with E-state index < -0.39 is 0 Å². The molecule has 2 rings (SSSR count). The van der Waals surface area contributed by atoms with Crippen molar-refractivity contribution < 1.29 is 0 Å². The summed E-state index contributed by atoms with van der Waals surface area (Å²) in [6.45, 7) is 12.0. The molecule has 1 aromatic rings. The van der Waals surface area contributed by atoms with Crippen molar-refractivity contribution in [3.05, 3.63) is 18.0 Å². The Morgan fingerprint density at radius 3 is 2.19 bits per heavy atom. The number of aromatic nitrogens is 2. The molecule has 1 aliphatic heterocycles. The highest BCUT2D eigenvalue weighted by atomic mass is 15.2. The van der Waals surface area contributed by atoms with Gasteiger partial charge in [0.25, 0.3) is 0 Å². The van der Waals surface area contributed by atoms with Crippen LogP contribution in [-0.2, 0) is 6.54 Å². The van der Waals surface area contributed by atoms with Gasteiger partial charge in [-0.3, -0.25) is 0 Å². The molecule has 4 heteroatoms. The lowest BCUT2D eigenvalue weighted by atomic mass is 9.74. The molecule has 0 unspecified atom stereocenters. The summed E-state index contributed by atoms with van der Waals surface area (Å²) in [5.41, 5.74) is 1.71. The van der Waals surface area contributed by atoms with Gasteiger partial charge in [-0.05, 0) is 18.3 Å². The van der Waals surface area contributed by atoms with Gasteiger partial charge < -0.3 is 10.2 Å². The zero-order valence-corrected chi connectivity index (χ0v) is 14.0. The molecule has 1 aromatic heterocycles. The molecule has 0 amide bonds. The predicted molar refractivity (Wildman–Crippen MR) is 88.5 cm³/mol. The van der Waals surface area contributed by atoms with E-state index in [0.29, 0.717) is 11.5 Å². The molecule has 2 heterocycles. The van der Waals surface area contributed by atoms with Gasteiger partial charge in [0.1, 0.15) is 0 Å². The standard InChI is InChI=1S/C17H30N4/c1-5-17(6-2)7-9-21(10-8-17)16-19-12-15(13-20-16)11-18-14(3)4/h12-14,18H,5-11H2,1-4H3. The molecule has 1 fully saturated rings. The number of piperidine rings is 1. The summed E-state index contributed by atoms with van der Waals surface area (Å²) < 4.78 is 0. The molecular formula is C17H30N4. The quantitative estimate of drug-likeness (QED) is 0.872. The van der Waals surface area contributed by atoms with Crippen molar-refractivity contribution in [1.29, 1.82) is 0 Å². The fourth-order valence-corrected chi connectivity index (χ4v) is 3.06. The van der Waals surface area contributed by atoms with Gasteiger partial charge in [0.15, 0.2) is 0 Å². The van der Waals surface area contributed by atoms with Gasteiger partial charge in [-0.15, -0.1) is 0 Å². The third kappa shape index (κ3) is 4.16. The van der Waals surface area contributed by atoms with Crippen LogP contribution in [0, 0.1) is 5.41 Å². The van der Waals surface area contributed by atoms with Crippen molar-refractivity contribution in [1.82, 2.24) is 15.3 Å². The Hall–Kier alpha value is -1.16. The van der Waals surface area contributed by atoms with E-state index in [4.69, 9.17) is 0 Å². The second-order valence-corrected chi connectivity index (χ2v) is 6.62. The predicted octanol–water partition coefficient (Wildman–Crippen LogP) is 3.38. The van der Waals surface area contributed by atoms with Crippen LogP contribution in [0.1, 0.15) is 58.9 Å². The lowest BCUT2D eigenvalue weighted by Crippen LogP contribution is -2.40. The number of hydrogen-bond donors (Lipinski definition) is 1. The molecular weight excluding hydrogens is 260 g/mol. The van der Waals surface area contributed by atoms with Gasteiger partial charge in [-0.25, -0.2) is 9.97 Å². The van der Waals surface area contributed by atoms with Crippen LogP contribution in [0.3, 0.4) is 0 Å². The van der Waals surface area contributed by atoms with E-state index in [1.807, 2.05) is 12.4 Å². The number of nitrogens with one attached hydrogen (secondary N) is 1. The summed E-state index contributed by atoms with van der Waals surface area (Å²) in [5, 5.41) is 3.39. The minimum Gasteiger partial charge on any atom is -0.341 e. The van der Waals surface area contributed by atoms with Crippen molar-refractivity contribution in [3.63, 3.8) is 0 Å². The molecule has 21 heavy (non-hydrogen) atoms. The second kappa shape index (κ2) is 7.21. The molecule has 118 valence electrons. The van der Waals surface area contributed by atoms with Crippen LogP contribution < -0.4 is 10.2 Å². The number of hydrogen-bond acceptors (Lipinski definition) is 4. The van der Waals surface area contributed by atoms with Crippen molar-refractivity contribution in [3.8, 4) is 0 Å². The maximum Gasteiger partial charge on any atom is 0.225 e. The minimum atomic E-state index is 0.489. The van der Waals surface area contributed by atoms with E-state index in [1.165, 1.54) is 25.7 Å². The van der Waals surface area contributed by atoms with E-state index in [1.54, 1.807) is 0 Å². The van der Waals surface area contributed by atoms with Crippen LogP contribution >= 0.6 is 0 Å². The SMILES string of the molecule is CCC1(CC)CCN(c2ncc(CNC(C)C)cn2)CC1. The monoisotopic (exact) mass is 290 g/mol. The van der Waals surface area contributed by atoms with Crippen molar-refractivity contribution in [2.75, 3.05) is 18.0 Å². The third-order valence-electron chi connectivity index (χ3n) is 5.01. The van der Waals surface area contributed by atoms with Gasteiger partial charge >= 0.3 is 0 Å². The van der Waals surface area contributed by atoms with E-state index in [0.717, 1.165) is 31.1 Å². The topological polar surface area (TPSA) is 41.1 Å². The molecule has 1 N–H and O–H groups in total. The summed E-state index contributed by atoms with van der Waals surface area (Å²) in [5.74, 6) is 0.893. The molecule has 1 saturated heterocycles. The van der Waals surface area contributed by atoms with E-state index in [9.17, 15) is 0 Å². The first-order valence-electron chi connectivity index (χ1n) is 8.38. The van der Waals surface area contributed by atoms with Crippen molar-refractivity contribution in [2.24, 2.45) is 5.41 Å². The summed E-state index contributed by atoms with van der Waals surface area (Å²) in [6, 6.07) is 0.489. The Morgan fingerprint density at radius 1 is 1.14 bits per heavy atom. The van der Waals surface area contributed by atoms with E-state index in [-0.39, 0.29) is 0 Å². The zero-order valence-electron chi connectivity index (χ0n) is 14.0. The Bertz CT molecular complexity index is 413. The summed E-state index contributed by atoms with van der Waals surface area (Å²) in [7, 11) is 0. The zero-order chi connectivity index (χ0) is 15.3. The van der Waals surface area contributed by atoms with Crippen LogP contribution in [0.2, 0.25) is 0 Å². The Balaban J connectivity index is 1.92. The summed E-state index contributed by atoms with van der Waals surface area (Å²) in [4.78, 5) is 11.4. The fourth-order valence-electron chi connectivity index (χ4n) is 3.06. The highest BCUT2D eigenvalue weighted by molar-refractivity contribution is 5.30. The van der Waals surface area contributed by atoms with Crippen LogP contribution in [0.5, 0.6) is 0 Å². The Morgan fingerprint density at radius 2 is 1.71 bits per heavy atom. The van der Waals surface area contributed by atoms with E-state index in [2.05, 4.69) is 47.9 Å². The molecule has 0 atom stereocenters. The van der Waals surface area contributed by atoms with Gasteiger partial charge in [-0.1, -0.05) is 40.5 Å². The summed E-state index contributed by atoms with van der Waals surface area (Å²) >= 11 is 0. The van der Waals surface area contributed by atoms with Crippen LogP contribution in [0.15, 0.2) is 12.4 Å². The van der Waals surface area contributed by atoms with Crippen LogP contribution in [0.4, 0.5) is 5.95 Å². The molecule has 4 nitrogen and oxygen atoms in total. The summed E-state index contributed by atoms with van der Waals surface area (Å²) in [6.07, 6.45) is 9.02. The van der Waals surface area contributed by atoms with Gasteiger partial charge in [0.05, 0.1) is 0 Å². The first-order valence-corrected chi connectivity index (χ1v) is 8.38. The highest BCUT2D eigenvalue weighted by Gasteiger charge is 2.31. The lowest BCUT2D eigenvalue weighted by molar-refractivity contribution is 0.198. The maximum atomic E-state index is 4.55. The normalized spacial score (nSPS) is 18.2. The number of anilines is 1. The van der Waals surface area contributed by atoms with Gasteiger partial charge in [0, 0.05) is 43.6 Å². The highest BCUT2D eigenvalue weighted by Crippen LogP contribution is 2.38. The number of rotatable bonds is 6. The molecule has 0 aliphatic carbocycles. The lowest BCUT2D eigenvalue weighted by Gasteiger charge is -2.41. The first-order chi connectivity index (χ1) is 10.1. The smallest absolute Gasteiger partial charge is 0.225 e. The average Bonchev–Trinajstić information content (AvgIpc) is 2.53. The van der Waals surface area contributed by atoms with Gasteiger partial charge in [-0.2, -0.15) is 0 Å². The number of nitrogens with zero attached hydrogens (tertiary/aromatic N) is 3. The van der Waals surface area contributed by atoms with E-state index >= 15 is 0 Å². The molecule has 0 radical (unpaired) electrons. The Kier molecular flexibility index (Phi) is 5.57. The Labute approximate surface area is 129 Å². The van der Waals surface area contributed by atoms with Crippen LogP contribution in [0.25, 0.3) is 0 Å². The molecule has 0 spiro atoms. The molecule has 0 saturated carbocycles. The third-order valence-corrected chi connectivity index (χ3v) is 5.01. The first kappa shape index (κ1) is 16.2. The maximum absolute atomic E-state index is 4.55.